The maximum absolute atomic E-state index is 13.0. The molecule has 1 aliphatic carbocycles. The van der Waals surface area contributed by atoms with E-state index in [2.05, 4.69) is 0 Å². The summed E-state index contributed by atoms with van der Waals surface area (Å²) in [5.41, 5.74) is 5.31. The van der Waals surface area contributed by atoms with Crippen LogP contribution in [0.1, 0.15) is 45.1 Å². The number of hydrogen-bond acceptors (Lipinski definition) is 8. The number of benzene rings is 1. The summed E-state index contributed by atoms with van der Waals surface area (Å²) in [5, 5.41) is 33.4. The van der Waals surface area contributed by atoms with E-state index in [0.29, 0.717) is 12.2 Å². The van der Waals surface area contributed by atoms with Crippen LogP contribution in [0, 0.1) is 26.9 Å². The maximum Gasteiger partial charge on any atom is 0.265 e. The average molecular weight is 398 g/mol. The molecule has 0 spiro atoms. The molecule has 0 fully saturated rings. The number of nitro benzene ring substituents is 1. The zero-order chi connectivity index (χ0) is 21.5. The van der Waals surface area contributed by atoms with Gasteiger partial charge in [0.2, 0.25) is 5.88 Å². The van der Waals surface area contributed by atoms with Crippen LogP contribution in [-0.2, 0) is 9.53 Å². The second-order valence-electron chi connectivity index (χ2n) is 7.76. The van der Waals surface area contributed by atoms with E-state index >= 15 is 0 Å². The van der Waals surface area contributed by atoms with Gasteiger partial charge in [-0.3, -0.25) is 14.9 Å². The summed E-state index contributed by atoms with van der Waals surface area (Å²) in [6.07, 6.45) is 0.647. The van der Waals surface area contributed by atoms with Crippen molar-refractivity contribution in [2.75, 3.05) is 6.61 Å². The third kappa shape index (κ3) is 3.49. The smallest absolute Gasteiger partial charge is 0.265 e. The topological polar surface area (TPSA) is 152 Å². The minimum absolute atomic E-state index is 0.0350. The Morgan fingerprint density at radius 1 is 1.41 bits per heavy atom. The zero-order valence-corrected chi connectivity index (χ0v) is 16.3. The summed E-state index contributed by atoms with van der Waals surface area (Å²) in [7, 11) is 0. The van der Waals surface area contributed by atoms with Crippen molar-refractivity contribution in [2.24, 2.45) is 11.1 Å². The number of nitrogens with zero attached hydrogens (tertiary/aromatic N) is 2. The van der Waals surface area contributed by atoms with Gasteiger partial charge in [0, 0.05) is 30.2 Å². The molecule has 1 aliphatic heterocycles. The Hall–Kier alpha value is -3.54. The van der Waals surface area contributed by atoms with E-state index in [1.807, 2.05) is 19.9 Å². The molecule has 0 radical (unpaired) electrons. The van der Waals surface area contributed by atoms with Gasteiger partial charge in [0.25, 0.3) is 5.69 Å². The van der Waals surface area contributed by atoms with Crippen LogP contribution in [0.5, 0.6) is 11.5 Å². The van der Waals surface area contributed by atoms with Crippen LogP contribution in [0.4, 0.5) is 5.69 Å². The highest BCUT2D eigenvalue weighted by atomic mass is 16.6. The summed E-state index contributed by atoms with van der Waals surface area (Å²) < 4.78 is 10.9. The predicted octanol–water partition coefficient (Wildman–Crippen LogP) is 2.52. The SMILES string of the molecule is CCOc1cc([C@H]2C(C#N)=C(N)OC3=C2C(=O)CC(C)(C)C3)cc([N+](=O)[O-])c1[O-]. The fourth-order valence-corrected chi connectivity index (χ4v) is 3.79. The van der Waals surface area contributed by atoms with E-state index < -0.39 is 22.3 Å². The first-order chi connectivity index (χ1) is 13.6. The lowest BCUT2D eigenvalue weighted by Gasteiger charge is -2.37. The Labute approximate surface area is 167 Å². The van der Waals surface area contributed by atoms with E-state index in [-0.39, 0.29) is 52.6 Å². The van der Waals surface area contributed by atoms with E-state index in [9.17, 15) is 25.3 Å². The van der Waals surface area contributed by atoms with Crippen molar-refractivity contribution >= 4 is 11.5 Å². The standard InChI is InChI=1S/C20H21N3O6/c1-4-28-14-6-10(5-12(18(14)25)23(26)27)16-11(9-21)19(22)29-15-8-20(2,3)7-13(24)17(15)16/h5-6,16,25H,4,7-8,22H2,1-3H3/p-1/t16-/m0/s1. The molecule has 152 valence electrons. The molecule has 2 aliphatic rings. The minimum atomic E-state index is -0.967. The molecule has 1 aromatic carbocycles. The number of allylic oxidation sites excluding steroid dienone is 3. The van der Waals surface area contributed by atoms with Gasteiger partial charge in [0.05, 0.1) is 17.4 Å². The third-order valence-corrected chi connectivity index (χ3v) is 4.96. The van der Waals surface area contributed by atoms with Gasteiger partial charge in [-0.25, -0.2) is 0 Å². The Morgan fingerprint density at radius 2 is 2.10 bits per heavy atom. The Bertz CT molecular complexity index is 1020. The van der Waals surface area contributed by atoms with Gasteiger partial charge in [-0.05, 0) is 24.0 Å². The molecule has 9 nitrogen and oxygen atoms in total. The number of Topliss-reactive ketones (excluding diaryl/α,β-unsaturated/α-hetero) is 1. The molecule has 29 heavy (non-hydrogen) atoms. The number of rotatable bonds is 4. The first kappa shape index (κ1) is 20.2. The van der Waals surface area contributed by atoms with E-state index in [0.717, 1.165) is 6.07 Å². The zero-order valence-electron chi connectivity index (χ0n) is 16.3. The Morgan fingerprint density at radius 3 is 2.69 bits per heavy atom. The van der Waals surface area contributed by atoms with Crippen LogP contribution in [0.25, 0.3) is 0 Å². The summed E-state index contributed by atoms with van der Waals surface area (Å²) in [5.74, 6) is -2.09. The molecule has 1 aromatic rings. The molecule has 0 amide bonds. The predicted molar refractivity (Wildman–Crippen MR) is 99.4 cm³/mol. The van der Waals surface area contributed by atoms with Gasteiger partial charge >= 0.3 is 0 Å². The lowest BCUT2D eigenvalue weighted by molar-refractivity contribution is -0.398. The Kier molecular flexibility index (Phi) is 4.96. The number of nitrogens with two attached hydrogens (primary N) is 1. The van der Waals surface area contributed by atoms with Crippen molar-refractivity contribution in [2.45, 2.75) is 39.5 Å². The van der Waals surface area contributed by atoms with Gasteiger partial charge < -0.3 is 20.3 Å². The van der Waals surface area contributed by atoms with E-state index in [1.165, 1.54) is 6.07 Å². The number of carbonyl (C=O) groups excluding carboxylic acids is 1. The lowest BCUT2D eigenvalue weighted by Crippen LogP contribution is -2.33. The third-order valence-electron chi connectivity index (χ3n) is 4.96. The van der Waals surface area contributed by atoms with E-state index in [4.69, 9.17) is 15.2 Å². The molecule has 0 aromatic heterocycles. The number of ether oxygens (including phenoxy) is 2. The van der Waals surface area contributed by atoms with Crippen LogP contribution < -0.4 is 15.6 Å². The fraction of sp³-hybridized carbons (Fsp3) is 0.400. The van der Waals surface area contributed by atoms with Crippen LogP contribution in [0.3, 0.4) is 0 Å². The van der Waals surface area contributed by atoms with Crippen molar-refractivity contribution in [1.29, 1.82) is 5.26 Å². The van der Waals surface area contributed by atoms with Crippen molar-refractivity contribution < 1.29 is 24.3 Å². The largest absolute Gasteiger partial charge is 0.865 e. The number of nitro groups is 1. The monoisotopic (exact) mass is 398 g/mol. The molecule has 1 atom stereocenters. The lowest BCUT2D eigenvalue weighted by atomic mass is 9.70. The average Bonchev–Trinajstić information content (AvgIpc) is 2.61. The summed E-state index contributed by atoms with van der Waals surface area (Å²) in [6.45, 7) is 5.58. The Balaban J connectivity index is 2.27. The minimum Gasteiger partial charge on any atom is -0.865 e. The normalized spacial score (nSPS) is 20.6. The molecule has 0 saturated heterocycles. The molecular formula is C20H20N3O6-. The second kappa shape index (κ2) is 7.13. The summed E-state index contributed by atoms with van der Waals surface area (Å²) in [4.78, 5) is 23.5. The molecule has 9 heteroatoms. The number of ketones is 1. The number of hydrogen-bond donors (Lipinski definition) is 1. The fourth-order valence-electron chi connectivity index (χ4n) is 3.79. The molecule has 1 heterocycles. The number of carbonyl (C=O) groups is 1. The molecule has 0 unspecified atom stereocenters. The molecule has 3 rings (SSSR count). The quantitative estimate of drug-likeness (QED) is 0.600. The van der Waals surface area contributed by atoms with Crippen LogP contribution >= 0.6 is 0 Å². The summed E-state index contributed by atoms with van der Waals surface area (Å²) in [6, 6.07) is 4.35. The van der Waals surface area contributed by atoms with Crippen LogP contribution in [0.15, 0.2) is 34.9 Å². The summed E-state index contributed by atoms with van der Waals surface area (Å²) >= 11 is 0. The highest BCUT2D eigenvalue weighted by molar-refractivity contribution is 6.00. The van der Waals surface area contributed by atoms with Crippen molar-refractivity contribution in [3.63, 3.8) is 0 Å². The van der Waals surface area contributed by atoms with Gasteiger partial charge in [0.15, 0.2) is 5.78 Å². The van der Waals surface area contributed by atoms with Crippen molar-refractivity contribution in [3.05, 3.63) is 50.6 Å². The first-order valence-corrected chi connectivity index (χ1v) is 9.05. The van der Waals surface area contributed by atoms with Crippen LogP contribution in [0.2, 0.25) is 0 Å². The first-order valence-electron chi connectivity index (χ1n) is 9.05. The van der Waals surface area contributed by atoms with Gasteiger partial charge in [-0.1, -0.05) is 13.8 Å². The van der Waals surface area contributed by atoms with Gasteiger partial charge in [0.1, 0.15) is 23.2 Å². The highest BCUT2D eigenvalue weighted by Gasteiger charge is 2.43. The maximum atomic E-state index is 13.0. The number of nitriles is 1. The van der Waals surface area contributed by atoms with Crippen molar-refractivity contribution in [3.8, 4) is 17.6 Å². The molecular weight excluding hydrogens is 378 g/mol. The second-order valence-corrected chi connectivity index (χ2v) is 7.76. The molecule has 2 N–H and O–H groups in total. The van der Waals surface area contributed by atoms with Gasteiger partial charge in [-0.2, -0.15) is 5.26 Å². The molecule has 0 bridgehead atoms. The van der Waals surface area contributed by atoms with Crippen LogP contribution in [-0.4, -0.2) is 17.3 Å². The van der Waals surface area contributed by atoms with E-state index in [1.54, 1.807) is 6.92 Å². The van der Waals surface area contributed by atoms with Crippen molar-refractivity contribution in [1.82, 2.24) is 0 Å². The molecule has 0 saturated carbocycles. The van der Waals surface area contributed by atoms with Gasteiger partial charge in [-0.15, -0.1) is 0 Å². The highest BCUT2D eigenvalue weighted by Crippen LogP contribution is 2.49.